The zero-order valence-electron chi connectivity index (χ0n) is 10.4. The van der Waals surface area contributed by atoms with Gasteiger partial charge in [-0.15, -0.1) is 0 Å². The van der Waals surface area contributed by atoms with Gasteiger partial charge in [-0.3, -0.25) is 9.48 Å². The zero-order valence-corrected chi connectivity index (χ0v) is 14.3. The van der Waals surface area contributed by atoms with E-state index < -0.39 is 0 Å². The van der Waals surface area contributed by atoms with Crippen molar-refractivity contribution in [1.82, 2.24) is 9.78 Å². The molecule has 0 radical (unpaired) electrons. The van der Waals surface area contributed by atoms with Crippen molar-refractivity contribution >= 4 is 49.2 Å². The molecule has 0 bridgehead atoms. The highest BCUT2D eigenvalue weighted by atomic mass is 79.9. The highest BCUT2D eigenvalue weighted by Crippen LogP contribution is 2.25. The van der Waals surface area contributed by atoms with Crippen molar-refractivity contribution in [1.29, 1.82) is 0 Å². The summed E-state index contributed by atoms with van der Waals surface area (Å²) < 4.78 is 3.27. The van der Waals surface area contributed by atoms with Crippen LogP contribution >= 0.6 is 43.5 Å². The minimum Gasteiger partial charge on any atom is -0.294 e. The molecule has 100 valence electrons. The fraction of sp³-hybridized carbons (Fsp3) is 0.231. The molecule has 0 saturated heterocycles. The van der Waals surface area contributed by atoms with Crippen LogP contribution in [0.3, 0.4) is 0 Å². The van der Waals surface area contributed by atoms with Gasteiger partial charge in [-0.05, 0) is 25.1 Å². The van der Waals surface area contributed by atoms with Crippen molar-refractivity contribution in [2.24, 2.45) is 7.05 Å². The maximum Gasteiger partial charge on any atom is 0.168 e. The van der Waals surface area contributed by atoms with Crippen molar-refractivity contribution in [3.05, 3.63) is 49.1 Å². The number of benzene rings is 1. The lowest BCUT2D eigenvalue weighted by Gasteiger charge is -2.04. The maximum atomic E-state index is 12.3. The van der Waals surface area contributed by atoms with E-state index in [1.807, 2.05) is 19.1 Å². The molecular weight excluding hydrogens is 395 g/mol. The van der Waals surface area contributed by atoms with Gasteiger partial charge in [0.15, 0.2) is 5.78 Å². The van der Waals surface area contributed by atoms with Crippen LogP contribution in [0.15, 0.2) is 27.1 Å². The average molecular weight is 407 g/mol. The summed E-state index contributed by atoms with van der Waals surface area (Å²) >= 11 is 12.9. The SMILES string of the molecule is Cc1nn(C)c(Cl)c1CC(=O)c1ccc(Br)cc1Br. The first-order valence-corrected chi connectivity index (χ1v) is 7.52. The summed E-state index contributed by atoms with van der Waals surface area (Å²) in [6.45, 7) is 1.85. The van der Waals surface area contributed by atoms with E-state index in [0.29, 0.717) is 10.7 Å². The third-order valence-corrected chi connectivity index (χ3v) is 4.46. The Morgan fingerprint density at radius 3 is 2.63 bits per heavy atom. The summed E-state index contributed by atoms with van der Waals surface area (Å²) in [7, 11) is 1.76. The molecule has 0 amide bonds. The predicted molar refractivity (Wildman–Crippen MR) is 82.8 cm³/mol. The van der Waals surface area contributed by atoms with E-state index in [-0.39, 0.29) is 12.2 Å². The summed E-state index contributed by atoms with van der Waals surface area (Å²) in [6.07, 6.45) is 0.249. The van der Waals surface area contributed by atoms with Crippen LogP contribution in [0.1, 0.15) is 21.6 Å². The summed E-state index contributed by atoms with van der Waals surface area (Å²) in [5, 5.41) is 4.72. The molecule has 6 heteroatoms. The number of halogens is 3. The Balaban J connectivity index is 2.31. The largest absolute Gasteiger partial charge is 0.294 e. The Hall–Kier alpha value is -0.650. The molecule has 0 saturated carbocycles. The van der Waals surface area contributed by atoms with E-state index in [9.17, 15) is 4.79 Å². The molecular formula is C13H11Br2ClN2O. The van der Waals surface area contributed by atoms with E-state index in [4.69, 9.17) is 11.6 Å². The van der Waals surface area contributed by atoms with Crippen LogP contribution in [0.25, 0.3) is 0 Å². The highest BCUT2D eigenvalue weighted by molar-refractivity contribution is 9.11. The lowest BCUT2D eigenvalue weighted by molar-refractivity contribution is 0.0992. The van der Waals surface area contributed by atoms with Crippen LogP contribution in [0.2, 0.25) is 5.15 Å². The van der Waals surface area contributed by atoms with Gasteiger partial charge in [0.25, 0.3) is 0 Å². The Morgan fingerprint density at radius 1 is 1.42 bits per heavy atom. The Labute approximate surface area is 133 Å². The van der Waals surface area contributed by atoms with Gasteiger partial charge in [0, 0.05) is 33.5 Å². The first-order chi connectivity index (χ1) is 8.90. The third-order valence-electron chi connectivity index (χ3n) is 2.84. The quantitative estimate of drug-likeness (QED) is 0.711. The van der Waals surface area contributed by atoms with E-state index in [1.165, 1.54) is 0 Å². The summed E-state index contributed by atoms with van der Waals surface area (Å²) in [6, 6.07) is 5.48. The number of carbonyl (C=O) groups excluding carboxylic acids is 1. The second-order valence-electron chi connectivity index (χ2n) is 4.20. The molecule has 0 aliphatic carbocycles. The Bertz CT molecular complexity index is 652. The van der Waals surface area contributed by atoms with E-state index in [2.05, 4.69) is 37.0 Å². The Kier molecular flexibility index (Phi) is 4.48. The standard InChI is InChI=1S/C13H11Br2ClN2O/c1-7-10(13(16)18(2)17-7)6-12(19)9-4-3-8(14)5-11(9)15/h3-5H,6H2,1-2H3. The maximum absolute atomic E-state index is 12.3. The number of ketones is 1. The zero-order chi connectivity index (χ0) is 14.2. The minimum atomic E-state index is 0.0115. The van der Waals surface area contributed by atoms with Crippen LogP contribution in [0, 0.1) is 6.92 Å². The molecule has 0 fully saturated rings. The molecule has 0 atom stereocenters. The molecule has 2 rings (SSSR count). The lowest BCUT2D eigenvalue weighted by Crippen LogP contribution is -2.05. The number of Topliss-reactive ketones (excluding diaryl/α,β-unsaturated/α-hetero) is 1. The first kappa shape index (κ1) is 14.8. The summed E-state index contributed by atoms with van der Waals surface area (Å²) in [5.74, 6) is 0.0115. The van der Waals surface area contributed by atoms with Crippen LogP contribution in [-0.4, -0.2) is 15.6 Å². The van der Waals surface area contributed by atoms with Gasteiger partial charge in [-0.1, -0.05) is 43.5 Å². The average Bonchev–Trinajstić information content (AvgIpc) is 2.56. The smallest absolute Gasteiger partial charge is 0.168 e. The van der Waals surface area contributed by atoms with Gasteiger partial charge in [-0.2, -0.15) is 5.10 Å². The number of hydrogen-bond donors (Lipinski definition) is 0. The fourth-order valence-corrected chi connectivity index (χ4v) is 3.36. The predicted octanol–water partition coefficient (Wildman–Crippen LogP) is 4.33. The van der Waals surface area contributed by atoms with Crippen molar-refractivity contribution in [3.63, 3.8) is 0 Å². The van der Waals surface area contributed by atoms with Crippen molar-refractivity contribution in [2.45, 2.75) is 13.3 Å². The molecule has 0 unspecified atom stereocenters. The second-order valence-corrected chi connectivity index (χ2v) is 6.33. The number of rotatable bonds is 3. The van der Waals surface area contributed by atoms with Gasteiger partial charge in [0.05, 0.1) is 5.69 Å². The van der Waals surface area contributed by atoms with Gasteiger partial charge >= 0.3 is 0 Å². The summed E-state index contributed by atoms with van der Waals surface area (Å²) in [5.41, 5.74) is 2.21. The molecule has 19 heavy (non-hydrogen) atoms. The topological polar surface area (TPSA) is 34.9 Å². The van der Waals surface area contributed by atoms with Gasteiger partial charge < -0.3 is 0 Å². The monoisotopic (exact) mass is 404 g/mol. The molecule has 0 N–H and O–H groups in total. The van der Waals surface area contributed by atoms with Gasteiger partial charge in [0.2, 0.25) is 0 Å². The molecule has 2 aromatic rings. The second kappa shape index (κ2) is 5.77. The molecule has 0 aliphatic heterocycles. The summed E-state index contributed by atoms with van der Waals surface area (Å²) in [4.78, 5) is 12.3. The van der Waals surface area contributed by atoms with Crippen molar-refractivity contribution in [2.75, 3.05) is 0 Å². The molecule has 1 aromatic carbocycles. The van der Waals surface area contributed by atoms with Crippen LogP contribution in [0.4, 0.5) is 0 Å². The van der Waals surface area contributed by atoms with Crippen LogP contribution in [-0.2, 0) is 13.5 Å². The normalized spacial score (nSPS) is 10.8. The first-order valence-electron chi connectivity index (χ1n) is 5.56. The minimum absolute atomic E-state index is 0.0115. The van der Waals surface area contributed by atoms with Gasteiger partial charge in [-0.25, -0.2) is 0 Å². The fourth-order valence-electron chi connectivity index (χ4n) is 1.85. The molecule has 0 spiro atoms. The van der Waals surface area contributed by atoms with Crippen molar-refractivity contribution in [3.8, 4) is 0 Å². The van der Waals surface area contributed by atoms with E-state index >= 15 is 0 Å². The lowest BCUT2D eigenvalue weighted by atomic mass is 10.0. The van der Waals surface area contributed by atoms with Crippen LogP contribution in [0.5, 0.6) is 0 Å². The number of hydrogen-bond acceptors (Lipinski definition) is 2. The molecule has 1 aromatic heterocycles. The molecule has 0 aliphatic rings. The van der Waals surface area contributed by atoms with Crippen molar-refractivity contribution < 1.29 is 4.79 Å². The molecule has 3 nitrogen and oxygen atoms in total. The number of aryl methyl sites for hydroxylation is 2. The number of nitrogens with zero attached hydrogens (tertiary/aromatic N) is 2. The molecule has 1 heterocycles. The number of aromatic nitrogens is 2. The van der Waals surface area contributed by atoms with E-state index in [0.717, 1.165) is 20.2 Å². The van der Waals surface area contributed by atoms with Crippen LogP contribution < -0.4 is 0 Å². The highest BCUT2D eigenvalue weighted by Gasteiger charge is 2.17. The van der Waals surface area contributed by atoms with E-state index in [1.54, 1.807) is 17.8 Å². The van der Waals surface area contributed by atoms with Gasteiger partial charge in [0.1, 0.15) is 5.15 Å². The number of carbonyl (C=O) groups is 1. The Morgan fingerprint density at radius 2 is 2.11 bits per heavy atom. The third kappa shape index (κ3) is 3.09.